The summed E-state index contributed by atoms with van der Waals surface area (Å²) in [6.45, 7) is 3.43. The molecule has 1 aliphatic carbocycles. The average molecular weight is 407 g/mol. The number of nitrogens with zero attached hydrogens (tertiary/aromatic N) is 2. The summed E-state index contributed by atoms with van der Waals surface area (Å²) >= 11 is 0. The van der Waals surface area contributed by atoms with Gasteiger partial charge in [0.15, 0.2) is 15.6 Å². The van der Waals surface area contributed by atoms with E-state index >= 15 is 0 Å². The van der Waals surface area contributed by atoms with Gasteiger partial charge >= 0.3 is 0 Å². The fourth-order valence-corrected chi connectivity index (χ4v) is 6.99. The Morgan fingerprint density at radius 2 is 1.89 bits per heavy atom. The second-order valence-corrected chi connectivity index (χ2v) is 10.8. The predicted molar refractivity (Wildman–Crippen MR) is 103 cm³/mol. The largest absolute Gasteiger partial charge is 0.344 e. The van der Waals surface area contributed by atoms with Crippen LogP contribution >= 0.6 is 0 Å². The highest BCUT2D eigenvalue weighted by molar-refractivity contribution is 7.91. The van der Waals surface area contributed by atoms with Crippen molar-refractivity contribution in [3.8, 4) is 0 Å². The molecule has 4 rings (SSSR count). The van der Waals surface area contributed by atoms with E-state index in [1.807, 2.05) is 11.5 Å². The molecule has 2 aliphatic heterocycles. The van der Waals surface area contributed by atoms with Gasteiger partial charge in [-0.05, 0) is 39.2 Å². The van der Waals surface area contributed by atoms with Gasteiger partial charge in [-0.2, -0.15) is 0 Å². The smallest absolute Gasteiger partial charge is 0.236 e. The number of hydrogen-bond donors (Lipinski definition) is 0. The Kier molecular flexibility index (Phi) is 4.52. The number of carbonyl (C=O) groups excluding carboxylic acids is 3. The summed E-state index contributed by atoms with van der Waals surface area (Å²) in [7, 11) is -3.04. The topological polar surface area (TPSA) is 93.5 Å². The molecular weight excluding hydrogens is 380 g/mol. The lowest BCUT2D eigenvalue weighted by Gasteiger charge is -2.20. The van der Waals surface area contributed by atoms with Gasteiger partial charge in [0.2, 0.25) is 11.8 Å². The molecule has 1 aromatic rings. The van der Waals surface area contributed by atoms with E-state index in [1.165, 1.54) is 0 Å². The van der Waals surface area contributed by atoms with Crippen LogP contribution in [0.3, 0.4) is 0 Å². The Morgan fingerprint density at radius 1 is 1.21 bits per heavy atom. The van der Waals surface area contributed by atoms with Gasteiger partial charge in [-0.1, -0.05) is 12.8 Å². The van der Waals surface area contributed by atoms with Gasteiger partial charge in [0.1, 0.15) is 0 Å². The Morgan fingerprint density at radius 3 is 2.50 bits per heavy atom. The first-order valence-corrected chi connectivity index (χ1v) is 11.7. The molecule has 1 atom stereocenters. The van der Waals surface area contributed by atoms with Crippen molar-refractivity contribution in [1.29, 1.82) is 0 Å². The zero-order chi connectivity index (χ0) is 20.3. The highest BCUT2D eigenvalue weighted by Gasteiger charge is 2.52. The number of aromatic nitrogens is 1. The molecule has 0 bridgehead atoms. The maximum Gasteiger partial charge on any atom is 0.236 e. The van der Waals surface area contributed by atoms with Gasteiger partial charge in [0.25, 0.3) is 0 Å². The van der Waals surface area contributed by atoms with Gasteiger partial charge in [-0.3, -0.25) is 19.3 Å². The molecule has 8 heteroatoms. The van der Waals surface area contributed by atoms with Crippen molar-refractivity contribution in [2.24, 2.45) is 5.41 Å². The molecule has 3 heterocycles. The Bertz CT molecular complexity index is 969. The normalized spacial score (nSPS) is 25.9. The van der Waals surface area contributed by atoms with E-state index in [0.717, 1.165) is 36.3 Å². The van der Waals surface area contributed by atoms with Crippen molar-refractivity contribution < 1.29 is 22.8 Å². The SMILES string of the molecule is Cc1cc(C(=O)CN2C(=O)CC3(CCCC3)C2=O)c(C)n1[C@@H]1CCS(=O)(=O)C1. The number of amides is 2. The molecule has 0 radical (unpaired) electrons. The van der Waals surface area contributed by atoms with E-state index in [2.05, 4.69) is 0 Å². The highest BCUT2D eigenvalue weighted by Crippen LogP contribution is 2.46. The zero-order valence-corrected chi connectivity index (χ0v) is 17.2. The summed E-state index contributed by atoms with van der Waals surface area (Å²) in [4.78, 5) is 39.3. The number of sulfone groups is 1. The second kappa shape index (κ2) is 6.54. The van der Waals surface area contributed by atoms with Crippen molar-refractivity contribution in [3.05, 3.63) is 23.0 Å². The van der Waals surface area contributed by atoms with Crippen LogP contribution < -0.4 is 0 Å². The van der Waals surface area contributed by atoms with E-state index in [-0.39, 0.29) is 48.1 Å². The number of aryl methyl sites for hydroxylation is 1. The molecule has 152 valence electrons. The fourth-order valence-electron chi connectivity index (χ4n) is 5.29. The van der Waals surface area contributed by atoms with Crippen LogP contribution in [0, 0.1) is 19.3 Å². The first-order chi connectivity index (χ1) is 13.1. The van der Waals surface area contributed by atoms with Crippen LogP contribution in [-0.2, 0) is 19.4 Å². The molecule has 0 N–H and O–H groups in total. The second-order valence-electron chi connectivity index (χ2n) is 8.58. The third kappa shape index (κ3) is 3.02. The van der Waals surface area contributed by atoms with Crippen molar-refractivity contribution >= 4 is 27.4 Å². The summed E-state index contributed by atoms with van der Waals surface area (Å²) in [6, 6.07) is 1.59. The van der Waals surface area contributed by atoms with Crippen LogP contribution in [-0.4, -0.2) is 53.5 Å². The van der Waals surface area contributed by atoms with Gasteiger partial charge in [0, 0.05) is 29.4 Å². The lowest BCUT2D eigenvalue weighted by atomic mass is 9.84. The molecular formula is C20H26N2O5S. The van der Waals surface area contributed by atoms with E-state index in [9.17, 15) is 22.8 Å². The maximum atomic E-state index is 12.9. The van der Waals surface area contributed by atoms with Crippen molar-refractivity contribution in [1.82, 2.24) is 9.47 Å². The minimum atomic E-state index is -3.04. The average Bonchev–Trinajstić information content (AvgIpc) is 3.34. The van der Waals surface area contributed by atoms with Gasteiger partial charge in [-0.25, -0.2) is 8.42 Å². The Labute approximate surface area is 165 Å². The number of hydrogen-bond acceptors (Lipinski definition) is 5. The third-order valence-electron chi connectivity index (χ3n) is 6.71. The summed E-state index contributed by atoms with van der Waals surface area (Å²) < 4.78 is 25.6. The van der Waals surface area contributed by atoms with Gasteiger partial charge in [0.05, 0.1) is 23.5 Å². The number of imide groups is 1. The summed E-state index contributed by atoms with van der Waals surface area (Å²) in [5.74, 6) is -0.466. The molecule has 0 unspecified atom stereocenters. The molecule has 1 aromatic heterocycles. The van der Waals surface area contributed by atoms with Crippen LogP contribution in [0.2, 0.25) is 0 Å². The molecule has 3 fully saturated rings. The monoisotopic (exact) mass is 406 g/mol. The maximum absolute atomic E-state index is 12.9. The summed E-state index contributed by atoms with van der Waals surface area (Å²) in [5.41, 5.74) is 1.43. The molecule has 2 saturated heterocycles. The molecule has 7 nitrogen and oxygen atoms in total. The van der Waals surface area contributed by atoms with E-state index in [1.54, 1.807) is 13.0 Å². The lowest BCUT2D eigenvalue weighted by molar-refractivity contribution is -0.140. The molecule has 1 spiro atoms. The molecule has 1 saturated carbocycles. The molecule has 2 amide bonds. The van der Waals surface area contributed by atoms with Crippen LogP contribution in [0.25, 0.3) is 0 Å². The standard InChI is InChI=1S/C20H26N2O5S/c1-13-9-16(14(2)22(13)15-5-8-28(26,27)12-15)17(23)11-21-18(24)10-20(19(21)25)6-3-4-7-20/h9,15H,3-8,10-12H2,1-2H3/t15-/m1/s1. The quantitative estimate of drug-likeness (QED) is 0.563. The first-order valence-electron chi connectivity index (χ1n) is 9.90. The Hall–Kier alpha value is -1.96. The van der Waals surface area contributed by atoms with Crippen LogP contribution in [0.4, 0.5) is 0 Å². The minimum Gasteiger partial charge on any atom is -0.344 e. The third-order valence-corrected chi connectivity index (χ3v) is 8.46. The number of rotatable bonds is 4. The van der Waals surface area contributed by atoms with Crippen molar-refractivity contribution in [2.45, 2.75) is 58.4 Å². The zero-order valence-electron chi connectivity index (χ0n) is 16.4. The predicted octanol–water partition coefficient (Wildman–Crippen LogP) is 1.97. The van der Waals surface area contributed by atoms with E-state index < -0.39 is 15.3 Å². The molecule has 0 aromatic carbocycles. The molecule has 3 aliphatic rings. The first kappa shape index (κ1) is 19.4. The number of Topliss-reactive ketones (excluding diaryl/α,β-unsaturated/α-hetero) is 1. The highest BCUT2D eigenvalue weighted by atomic mass is 32.2. The Balaban J connectivity index is 1.55. The van der Waals surface area contributed by atoms with Crippen LogP contribution in [0.5, 0.6) is 0 Å². The number of likely N-dealkylation sites (tertiary alicyclic amines) is 1. The summed E-state index contributed by atoms with van der Waals surface area (Å²) in [5, 5.41) is 0. The number of ketones is 1. The number of carbonyl (C=O) groups is 3. The van der Waals surface area contributed by atoms with Crippen LogP contribution in [0.1, 0.15) is 66.3 Å². The fraction of sp³-hybridized carbons (Fsp3) is 0.650. The summed E-state index contributed by atoms with van der Waals surface area (Å²) in [6.07, 6.45) is 4.12. The lowest BCUT2D eigenvalue weighted by Crippen LogP contribution is -2.38. The van der Waals surface area contributed by atoms with Crippen molar-refractivity contribution in [3.63, 3.8) is 0 Å². The van der Waals surface area contributed by atoms with Crippen molar-refractivity contribution in [2.75, 3.05) is 18.1 Å². The van der Waals surface area contributed by atoms with E-state index in [0.29, 0.717) is 17.7 Å². The van der Waals surface area contributed by atoms with Gasteiger partial charge in [-0.15, -0.1) is 0 Å². The minimum absolute atomic E-state index is 0.0859. The van der Waals surface area contributed by atoms with Gasteiger partial charge < -0.3 is 4.57 Å². The van der Waals surface area contributed by atoms with Crippen LogP contribution in [0.15, 0.2) is 6.07 Å². The molecule has 28 heavy (non-hydrogen) atoms. The van der Waals surface area contributed by atoms with E-state index in [4.69, 9.17) is 0 Å².